The van der Waals surface area contributed by atoms with E-state index in [-0.39, 0.29) is 26.2 Å². The van der Waals surface area contributed by atoms with Crippen molar-refractivity contribution < 1.29 is 23.9 Å². The fraction of sp³-hybridized carbons (Fsp3) is 0.444. The van der Waals surface area contributed by atoms with Crippen LogP contribution in [0.15, 0.2) is 30.3 Å². The number of carbonyl (C=O) groups is 4. The molecule has 0 aromatic heterocycles. The largest absolute Gasteiger partial charge is 0.465 e. The van der Waals surface area contributed by atoms with E-state index in [0.717, 1.165) is 5.56 Å². The van der Waals surface area contributed by atoms with Crippen LogP contribution in [0, 0.1) is 0 Å². The molecule has 27 heavy (non-hydrogen) atoms. The molecule has 9 heteroatoms. The zero-order chi connectivity index (χ0) is 20.1. The Morgan fingerprint density at radius 3 is 2.37 bits per heavy atom. The average molecular weight is 378 g/mol. The Labute approximate surface area is 158 Å². The summed E-state index contributed by atoms with van der Waals surface area (Å²) in [5, 5.41) is 7.35. The number of rotatable bonds is 11. The van der Waals surface area contributed by atoms with Crippen LogP contribution in [-0.2, 0) is 30.3 Å². The van der Waals surface area contributed by atoms with Crippen molar-refractivity contribution in [2.75, 3.05) is 26.2 Å². The molecule has 0 heterocycles. The third-order valence-corrected chi connectivity index (χ3v) is 3.56. The van der Waals surface area contributed by atoms with Gasteiger partial charge in [0.1, 0.15) is 12.6 Å². The third kappa shape index (κ3) is 9.36. The first-order valence-electron chi connectivity index (χ1n) is 8.69. The van der Waals surface area contributed by atoms with Crippen LogP contribution in [0.4, 0.5) is 0 Å². The number of amides is 3. The van der Waals surface area contributed by atoms with E-state index in [0.29, 0.717) is 12.8 Å². The lowest BCUT2D eigenvalue weighted by Crippen LogP contribution is -2.50. The van der Waals surface area contributed by atoms with Crippen LogP contribution in [0.5, 0.6) is 0 Å². The molecule has 0 unspecified atom stereocenters. The van der Waals surface area contributed by atoms with Crippen molar-refractivity contribution in [3.05, 3.63) is 35.9 Å². The van der Waals surface area contributed by atoms with Crippen LogP contribution in [0.25, 0.3) is 0 Å². The predicted molar refractivity (Wildman–Crippen MR) is 98.4 cm³/mol. The molecule has 9 nitrogen and oxygen atoms in total. The van der Waals surface area contributed by atoms with Crippen molar-refractivity contribution in [1.82, 2.24) is 16.0 Å². The maximum Gasteiger partial charge on any atom is 0.325 e. The van der Waals surface area contributed by atoms with E-state index in [2.05, 4.69) is 16.0 Å². The van der Waals surface area contributed by atoms with E-state index < -0.39 is 29.7 Å². The molecule has 5 N–H and O–H groups in total. The van der Waals surface area contributed by atoms with Gasteiger partial charge in [-0.05, 0) is 25.3 Å². The number of hydrogen-bond donors (Lipinski definition) is 4. The Balaban J connectivity index is 2.63. The highest BCUT2D eigenvalue weighted by molar-refractivity contribution is 5.91. The van der Waals surface area contributed by atoms with Gasteiger partial charge in [0.2, 0.25) is 17.7 Å². The second-order valence-corrected chi connectivity index (χ2v) is 5.65. The van der Waals surface area contributed by atoms with Crippen molar-refractivity contribution in [2.45, 2.75) is 25.8 Å². The van der Waals surface area contributed by atoms with Gasteiger partial charge < -0.3 is 26.4 Å². The Morgan fingerprint density at radius 1 is 1.04 bits per heavy atom. The first-order valence-corrected chi connectivity index (χ1v) is 8.69. The van der Waals surface area contributed by atoms with E-state index >= 15 is 0 Å². The Bertz CT molecular complexity index is 636. The van der Waals surface area contributed by atoms with Crippen LogP contribution in [0.3, 0.4) is 0 Å². The van der Waals surface area contributed by atoms with Crippen LogP contribution >= 0.6 is 0 Å². The lowest BCUT2D eigenvalue weighted by Gasteiger charge is -2.18. The van der Waals surface area contributed by atoms with E-state index in [1.54, 1.807) is 6.92 Å². The molecule has 0 spiro atoms. The summed E-state index contributed by atoms with van der Waals surface area (Å²) in [7, 11) is 0. The van der Waals surface area contributed by atoms with Gasteiger partial charge in [0.05, 0.1) is 19.7 Å². The van der Waals surface area contributed by atoms with E-state index in [9.17, 15) is 19.2 Å². The van der Waals surface area contributed by atoms with Gasteiger partial charge in [-0.15, -0.1) is 0 Å². The van der Waals surface area contributed by atoms with Crippen LogP contribution in [0.1, 0.15) is 18.9 Å². The van der Waals surface area contributed by atoms with Gasteiger partial charge in [-0.2, -0.15) is 0 Å². The molecule has 148 valence electrons. The number of esters is 1. The molecule has 0 bridgehead atoms. The summed E-state index contributed by atoms with van der Waals surface area (Å²) in [4.78, 5) is 46.9. The molecular weight excluding hydrogens is 352 g/mol. The van der Waals surface area contributed by atoms with Crippen molar-refractivity contribution in [3.63, 3.8) is 0 Å². The van der Waals surface area contributed by atoms with E-state index in [1.807, 2.05) is 30.3 Å². The zero-order valence-electron chi connectivity index (χ0n) is 15.3. The molecule has 0 saturated heterocycles. The van der Waals surface area contributed by atoms with Crippen molar-refractivity contribution >= 4 is 23.7 Å². The predicted octanol–water partition coefficient (Wildman–Crippen LogP) is -1.14. The van der Waals surface area contributed by atoms with Crippen LogP contribution in [-0.4, -0.2) is 56.0 Å². The summed E-state index contributed by atoms with van der Waals surface area (Å²) in [5.41, 5.74) is 6.17. The van der Waals surface area contributed by atoms with Gasteiger partial charge in [0.25, 0.3) is 0 Å². The summed E-state index contributed by atoms with van der Waals surface area (Å²) < 4.78 is 4.76. The van der Waals surface area contributed by atoms with Gasteiger partial charge in [-0.1, -0.05) is 30.3 Å². The van der Waals surface area contributed by atoms with E-state index in [4.69, 9.17) is 10.5 Å². The molecule has 0 aliphatic heterocycles. The number of aryl methyl sites for hydroxylation is 1. The first-order chi connectivity index (χ1) is 13.0. The normalized spacial score (nSPS) is 11.2. The molecule has 1 rings (SSSR count). The second kappa shape index (κ2) is 12.4. The van der Waals surface area contributed by atoms with Crippen molar-refractivity contribution in [3.8, 4) is 0 Å². The second-order valence-electron chi connectivity index (χ2n) is 5.65. The standard InChI is InChI=1S/C18H26N4O5/c1-2-27-17(25)12-21-18(26)14(9-8-13-6-4-3-5-7-13)22-16(24)11-20-15(23)10-19/h3-7,14H,2,8-12,19H2,1H3,(H,20,23)(H,21,26)(H,22,24)/t14-/m0/s1. The van der Waals surface area contributed by atoms with E-state index in [1.165, 1.54) is 0 Å². The summed E-state index contributed by atoms with van der Waals surface area (Å²) >= 11 is 0. The van der Waals surface area contributed by atoms with Gasteiger partial charge in [0.15, 0.2) is 0 Å². The Hall–Kier alpha value is -2.94. The Morgan fingerprint density at radius 2 is 1.74 bits per heavy atom. The molecule has 1 aromatic rings. The molecule has 0 aliphatic carbocycles. The number of ether oxygens (including phenoxy) is 1. The molecule has 1 atom stereocenters. The van der Waals surface area contributed by atoms with Gasteiger partial charge >= 0.3 is 5.97 Å². The molecule has 0 saturated carbocycles. The van der Waals surface area contributed by atoms with Crippen LogP contribution < -0.4 is 21.7 Å². The first kappa shape index (κ1) is 22.1. The number of nitrogens with one attached hydrogen (secondary N) is 3. The van der Waals surface area contributed by atoms with Gasteiger partial charge in [0, 0.05) is 0 Å². The summed E-state index contributed by atoms with van der Waals surface area (Å²) in [6.45, 7) is 1.07. The highest BCUT2D eigenvalue weighted by Gasteiger charge is 2.21. The fourth-order valence-electron chi connectivity index (χ4n) is 2.22. The molecule has 1 aromatic carbocycles. The smallest absolute Gasteiger partial charge is 0.325 e. The lowest BCUT2D eigenvalue weighted by molar-refractivity contribution is -0.143. The van der Waals surface area contributed by atoms with Crippen molar-refractivity contribution in [1.29, 1.82) is 0 Å². The topological polar surface area (TPSA) is 140 Å². The van der Waals surface area contributed by atoms with Crippen LogP contribution in [0.2, 0.25) is 0 Å². The zero-order valence-corrected chi connectivity index (χ0v) is 15.3. The monoisotopic (exact) mass is 378 g/mol. The Kier molecular flexibility index (Phi) is 10.2. The van der Waals surface area contributed by atoms with Crippen molar-refractivity contribution in [2.24, 2.45) is 5.73 Å². The highest BCUT2D eigenvalue weighted by Crippen LogP contribution is 2.05. The third-order valence-electron chi connectivity index (χ3n) is 3.56. The highest BCUT2D eigenvalue weighted by atomic mass is 16.5. The molecule has 0 fully saturated rings. The minimum atomic E-state index is -0.859. The number of carbonyl (C=O) groups excluding carboxylic acids is 4. The molecule has 0 radical (unpaired) electrons. The minimum Gasteiger partial charge on any atom is -0.465 e. The number of hydrogen-bond acceptors (Lipinski definition) is 6. The lowest BCUT2D eigenvalue weighted by atomic mass is 10.0. The summed E-state index contributed by atoms with van der Waals surface area (Å²) in [6.07, 6.45) is 0.878. The number of nitrogens with two attached hydrogens (primary N) is 1. The fourth-order valence-corrected chi connectivity index (χ4v) is 2.22. The molecule has 0 aliphatic rings. The minimum absolute atomic E-state index is 0.212. The summed E-state index contributed by atoms with van der Waals surface area (Å²) in [6, 6.07) is 8.61. The summed E-state index contributed by atoms with van der Waals surface area (Å²) in [5.74, 6) is -2.06. The average Bonchev–Trinajstić information content (AvgIpc) is 2.68. The number of benzene rings is 1. The van der Waals surface area contributed by atoms with Gasteiger partial charge in [-0.25, -0.2) is 0 Å². The maximum absolute atomic E-state index is 12.4. The SMILES string of the molecule is CCOC(=O)CNC(=O)[C@H](CCc1ccccc1)NC(=O)CNC(=O)CN. The quantitative estimate of drug-likeness (QED) is 0.359. The maximum atomic E-state index is 12.4. The molecular formula is C18H26N4O5. The molecule has 3 amide bonds. The van der Waals surface area contributed by atoms with Gasteiger partial charge in [-0.3, -0.25) is 19.2 Å².